The number of rotatable bonds is 5. The van der Waals surface area contributed by atoms with Crippen molar-refractivity contribution in [1.29, 1.82) is 0 Å². The maximum absolute atomic E-state index is 4.63. The first-order valence-electron chi connectivity index (χ1n) is 8.37. The Morgan fingerprint density at radius 1 is 1.21 bits per heavy atom. The standard InChI is InChI=1S/C17H23N7/c1-11-14-15(20-12(2)21-16(14)23(4)22-11)19-9-17(5-6-17)10-24-8-7-18-13(24)3/h7-8H,5-6,9-10H2,1-4H3,(H,19,20,21). The Morgan fingerprint density at radius 3 is 2.67 bits per heavy atom. The maximum atomic E-state index is 4.63. The van der Waals surface area contributed by atoms with Crippen LogP contribution in [0, 0.1) is 26.2 Å². The van der Waals surface area contributed by atoms with Crippen molar-refractivity contribution in [3.8, 4) is 0 Å². The minimum Gasteiger partial charge on any atom is -0.369 e. The molecule has 0 atom stereocenters. The predicted octanol–water partition coefficient (Wildman–Crippen LogP) is 2.38. The van der Waals surface area contributed by atoms with Crippen molar-refractivity contribution in [2.75, 3.05) is 11.9 Å². The highest BCUT2D eigenvalue weighted by Gasteiger charge is 2.43. The van der Waals surface area contributed by atoms with E-state index >= 15 is 0 Å². The molecule has 1 N–H and O–H groups in total. The molecule has 7 heteroatoms. The minimum atomic E-state index is 0.298. The molecule has 1 aliphatic carbocycles. The number of nitrogens with zero attached hydrogens (tertiary/aromatic N) is 6. The third-order valence-corrected chi connectivity index (χ3v) is 4.99. The zero-order valence-electron chi connectivity index (χ0n) is 14.7. The summed E-state index contributed by atoms with van der Waals surface area (Å²) in [7, 11) is 1.93. The molecule has 3 aromatic rings. The van der Waals surface area contributed by atoms with Crippen molar-refractivity contribution in [3.63, 3.8) is 0 Å². The number of anilines is 1. The number of nitrogens with one attached hydrogen (secondary N) is 1. The molecule has 3 heterocycles. The molecule has 1 aliphatic rings. The SMILES string of the molecule is Cc1nc(NCC2(Cn3ccnc3C)CC2)c2c(C)nn(C)c2n1. The van der Waals surface area contributed by atoms with E-state index in [-0.39, 0.29) is 0 Å². The topological polar surface area (TPSA) is 73.5 Å². The molecule has 0 spiro atoms. The van der Waals surface area contributed by atoms with Gasteiger partial charge in [0.05, 0.1) is 11.1 Å². The third-order valence-electron chi connectivity index (χ3n) is 4.99. The van der Waals surface area contributed by atoms with Gasteiger partial charge in [0.1, 0.15) is 17.5 Å². The van der Waals surface area contributed by atoms with Crippen LogP contribution in [0.5, 0.6) is 0 Å². The minimum absolute atomic E-state index is 0.298. The van der Waals surface area contributed by atoms with E-state index in [1.54, 1.807) is 0 Å². The molecule has 0 aliphatic heterocycles. The lowest BCUT2D eigenvalue weighted by atomic mass is 10.1. The molecule has 0 unspecified atom stereocenters. The van der Waals surface area contributed by atoms with Crippen molar-refractivity contribution < 1.29 is 0 Å². The van der Waals surface area contributed by atoms with Gasteiger partial charge in [-0.2, -0.15) is 5.10 Å². The van der Waals surface area contributed by atoms with Gasteiger partial charge in [0.2, 0.25) is 0 Å². The van der Waals surface area contributed by atoms with E-state index in [1.807, 2.05) is 31.8 Å². The smallest absolute Gasteiger partial charge is 0.163 e. The predicted molar refractivity (Wildman–Crippen MR) is 92.9 cm³/mol. The van der Waals surface area contributed by atoms with Crippen LogP contribution in [0.4, 0.5) is 5.82 Å². The second kappa shape index (κ2) is 5.29. The molecule has 0 radical (unpaired) electrons. The van der Waals surface area contributed by atoms with Crippen LogP contribution in [-0.4, -0.2) is 35.8 Å². The largest absolute Gasteiger partial charge is 0.369 e. The molecule has 3 aromatic heterocycles. The second-order valence-corrected chi connectivity index (χ2v) is 6.98. The van der Waals surface area contributed by atoms with Crippen LogP contribution < -0.4 is 5.32 Å². The van der Waals surface area contributed by atoms with E-state index < -0.39 is 0 Å². The van der Waals surface area contributed by atoms with Crippen LogP contribution >= 0.6 is 0 Å². The fourth-order valence-corrected chi connectivity index (χ4v) is 3.35. The van der Waals surface area contributed by atoms with Crippen LogP contribution in [0.15, 0.2) is 12.4 Å². The summed E-state index contributed by atoms with van der Waals surface area (Å²) in [4.78, 5) is 13.5. The first kappa shape index (κ1) is 15.1. The lowest BCUT2D eigenvalue weighted by Gasteiger charge is -2.18. The lowest BCUT2D eigenvalue weighted by Crippen LogP contribution is -2.22. The highest BCUT2D eigenvalue weighted by Crippen LogP contribution is 2.47. The fraction of sp³-hybridized carbons (Fsp3) is 0.529. The molecule has 1 saturated carbocycles. The Morgan fingerprint density at radius 2 is 2.00 bits per heavy atom. The second-order valence-electron chi connectivity index (χ2n) is 6.98. The number of imidazole rings is 1. The molecular formula is C17H23N7. The molecule has 0 amide bonds. The van der Waals surface area contributed by atoms with Crippen LogP contribution in [0.3, 0.4) is 0 Å². The van der Waals surface area contributed by atoms with Gasteiger partial charge in [-0.15, -0.1) is 0 Å². The third kappa shape index (κ3) is 2.53. The van der Waals surface area contributed by atoms with E-state index in [4.69, 9.17) is 0 Å². The number of hydrogen-bond donors (Lipinski definition) is 1. The average molecular weight is 325 g/mol. The Labute approximate surface area is 141 Å². The first-order valence-corrected chi connectivity index (χ1v) is 8.37. The van der Waals surface area contributed by atoms with Gasteiger partial charge in [-0.05, 0) is 33.6 Å². The lowest BCUT2D eigenvalue weighted by molar-refractivity contribution is 0.438. The molecule has 7 nitrogen and oxygen atoms in total. The molecule has 126 valence electrons. The van der Waals surface area contributed by atoms with Crippen molar-refractivity contribution >= 4 is 16.9 Å². The summed E-state index contributed by atoms with van der Waals surface area (Å²) >= 11 is 0. The molecule has 0 aromatic carbocycles. The van der Waals surface area contributed by atoms with E-state index in [0.29, 0.717) is 5.41 Å². The Balaban J connectivity index is 1.58. The fourth-order valence-electron chi connectivity index (χ4n) is 3.35. The summed E-state index contributed by atoms with van der Waals surface area (Å²) in [5, 5.41) is 9.09. The summed E-state index contributed by atoms with van der Waals surface area (Å²) < 4.78 is 4.07. The van der Waals surface area contributed by atoms with Crippen LogP contribution in [0.1, 0.15) is 30.2 Å². The molecule has 24 heavy (non-hydrogen) atoms. The van der Waals surface area contributed by atoms with Crippen LogP contribution in [0.2, 0.25) is 0 Å². The summed E-state index contributed by atoms with van der Waals surface area (Å²) in [6.45, 7) is 7.90. The molecule has 0 bridgehead atoms. The van der Waals surface area contributed by atoms with Crippen molar-refractivity contribution in [3.05, 3.63) is 29.7 Å². The first-order chi connectivity index (χ1) is 11.5. The van der Waals surface area contributed by atoms with Crippen LogP contribution in [-0.2, 0) is 13.6 Å². The van der Waals surface area contributed by atoms with E-state index in [0.717, 1.165) is 47.3 Å². The van der Waals surface area contributed by atoms with E-state index in [2.05, 4.69) is 43.1 Å². The summed E-state index contributed by atoms with van der Waals surface area (Å²) in [5.41, 5.74) is 2.15. The van der Waals surface area contributed by atoms with Gasteiger partial charge in [0.25, 0.3) is 0 Å². The number of hydrogen-bond acceptors (Lipinski definition) is 5. The van der Waals surface area contributed by atoms with Gasteiger partial charge in [0, 0.05) is 37.9 Å². The maximum Gasteiger partial charge on any atom is 0.163 e. The monoisotopic (exact) mass is 325 g/mol. The van der Waals surface area contributed by atoms with Gasteiger partial charge in [0.15, 0.2) is 5.65 Å². The van der Waals surface area contributed by atoms with Gasteiger partial charge < -0.3 is 9.88 Å². The molecular weight excluding hydrogens is 302 g/mol. The number of aryl methyl sites for hydroxylation is 4. The molecule has 1 fully saturated rings. The normalized spacial score (nSPS) is 15.8. The summed E-state index contributed by atoms with van der Waals surface area (Å²) in [5.74, 6) is 2.74. The van der Waals surface area contributed by atoms with Gasteiger partial charge in [-0.1, -0.05) is 0 Å². The van der Waals surface area contributed by atoms with Crippen LogP contribution in [0.25, 0.3) is 11.0 Å². The summed E-state index contributed by atoms with van der Waals surface area (Å²) in [6.07, 6.45) is 6.40. The number of fused-ring (bicyclic) bond motifs is 1. The number of aromatic nitrogens is 6. The van der Waals surface area contributed by atoms with Gasteiger partial charge >= 0.3 is 0 Å². The van der Waals surface area contributed by atoms with E-state index in [9.17, 15) is 0 Å². The average Bonchev–Trinajstić information content (AvgIpc) is 3.10. The highest BCUT2D eigenvalue weighted by molar-refractivity contribution is 5.89. The van der Waals surface area contributed by atoms with E-state index in [1.165, 1.54) is 12.8 Å². The molecule has 0 saturated heterocycles. The van der Waals surface area contributed by atoms with Crippen molar-refractivity contribution in [2.24, 2.45) is 12.5 Å². The Kier molecular flexibility index (Phi) is 3.33. The zero-order valence-corrected chi connectivity index (χ0v) is 14.7. The van der Waals surface area contributed by atoms with Gasteiger partial charge in [-0.25, -0.2) is 15.0 Å². The van der Waals surface area contributed by atoms with Gasteiger partial charge in [-0.3, -0.25) is 4.68 Å². The van der Waals surface area contributed by atoms with Crippen molar-refractivity contribution in [1.82, 2.24) is 29.3 Å². The Hall–Kier alpha value is -2.44. The quantitative estimate of drug-likeness (QED) is 0.779. The molecule has 4 rings (SSSR count). The zero-order chi connectivity index (χ0) is 16.9. The summed E-state index contributed by atoms with van der Waals surface area (Å²) in [6, 6.07) is 0. The highest BCUT2D eigenvalue weighted by atomic mass is 15.3. The van der Waals surface area contributed by atoms with Crippen molar-refractivity contribution in [2.45, 2.75) is 40.2 Å². The Bertz CT molecular complexity index is 901.